The van der Waals surface area contributed by atoms with Gasteiger partial charge in [0.1, 0.15) is 4.60 Å². The molecule has 0 saturated heterocycles. The molecule has 0 aliphatic carbocycles. The molecule has 1 aromatic heterocycles. The van der Waals surface area contributed by atoms with Gasteiger partial charge >= 0.3 is 0 Å². The van der Waals surface area contributed by atoms with Crippen molar-refractivity contribution in [1.29, 1.82) is 0 Å². The van der Waals surface area contributed by atoms with Gasteiger partial charge in [-0.2, -0.15) is 5.10 Å². The lowest BCUT2D eigenvalue weighted by Gasteiger charge is -1.95. The number of carbonyl (C=O) groups is 1. The third-order valence-corrected chi connectivity index (χ3v) is 2.60. The molecule has 66 valence electrons. The lowest BCUT2D eigenvalue weighted by molar-refractivity contribution is -0.114. The third-order valence-electron chi connectivity index (χ3n) is 1.49. The molecule has 0 radical (unpaired) electrons. The summed E-state index contributed by atoms with van der Waals surface area (Å²) in [6, 6.07) is 0. The van der Waals surface area contributed by atoms with E-state index in [-0.39, 0.29) is 5.91 Å². The van der Waals surface area contributed by atoms with Crippen LogP contribution in [0, 0.1) is 6.92 Å². The fraction of sp³-hybridized carbons (Fsp3) is 0.429. The van der Waals surface area contributed by atoms with Crippen LogP contribution in [0.2, 0.25) is 0 Å². The highest BCUT2D eigenvalue weighted by molar-refractivity contribution is 9.10. The average molecular weight is 232 g/mol. The Hall–Kier alpha value is -0.840. The molecule has 0 aliphatic rings. The van der Waals surface area contributed by atoms with Gasteiger partial charge in [-0.1, -0.05) is 0 Å². The average Bonchev–Trinajstić information content (AvgIpc) is 2.17. The normalized spacial score (nSPS) is 10.0. The van der Waals surface area contributed by atoms with Crippen LogP contribution in [0.5, 0.6) is 0 Å². The Morgan fingerprint density at radius 3 is 2.58 bits per heavy atom. The van der Waals surface area contributed by atoms with Crippen molar-refractivity contribution in [1.82, 2.24) is 9.78 Å². The van der Waals surface area contributed by atoms with Gasteiger partial charge in [0.25, 0.3) is 0 Å². The van der Waals surface area contributed by atoms with Crippen LogP contribution in [0.3, 0.4) is 0 Å². The number of hydrogen-bond donors (Lipinski definition) is 1. The van der Waals surface area contributed by atoms with E-state index in [1.54, 1.807) is 4.68 Å². The van der Waals surface area contributed by atoms with E-state index in [0.29, 0.717) is 5.82 Å². The maximum absolute atomic E-state index is 10.7. The quantitative estimate of drug-likeness (QED) is 0.796. The first-order chi connectivity index (χ1) is 5.52. The minimum atomic E-state index is -0.108. The Balaban J connectivity index is 3.01. The highest BCUT2D eigenvalue weighted by Gasteiger charge is 2.09. The Labute approximate surface area is 79.1 Å². The maximum atomic E-state index is 10.7. The Morgan fingerprint density at radius 1 is 1.67 bits per heavy atom. The van der Waals surface area contributed by atoms with Crippen molar-refractivity contribution in [2.75, 3.05) is 5.32 Å². The lowest BCUT2D eigenvalue weighted by atomic mass is 10.4. The van der Waals surface area contributed by atoms with Crippen LogP contribution in [0.1, 0.15) is 12.5 Å². The van der Waals surface area contributed by atoms with Crippen LogP contribution in [0.4, 0.5) is 5.82 Å². The molecule has 1 amide bonds. The summed E-state index contributed by atoms with van der Waals surface area (Å²) in [6.07, 6.45) is 0. The second-order valence-corrected chi connectivity index (χ2v) is 3.32. The van der Waals surface area contributed by atoms with Crippen LogP contribution >= 0.6 is 15.9 Å². The number of rotatable bonds is 1. The molecule has 0 fully saturated rings. The molecule has 5 heteroatoms. The van der Waals surface area contributed by atoms with Crippen LogP contribution in [-0.4, -0.2) is 15.7 Å². The van der Waals surface area contributed by atoms with Crippen molar-refractivity contribution < 1.29 is 4.79 Å². The number of hydrogen-bond acceptors (Lipinski definition) is 2. The van der Waals surface area contributed by atoms with Gasteiger partial charge in [0.15, 0.2) is 5.82 Å². The minimum Gasteiger partial charge on any atom is -0.309 e. The van der Waals surface area contributed by atoms with E-state index in [1.165, 1.54) is 6.92 Å². The monoisotopic (exact) mass is 231 g/mol. The molecular weight excluding hydrogens is 222 g/mol. The van der Waals surface area contributed by atoms with Crippen LogP contribution in [0.15, 0.2) is 4.60 Å². The van der Waals surface area contributed by atoms with Crippen LogP contribution in [0.25, 0.3) is 0 Å². The zero-order valence-electron chi connectivity index (χ0n) is 7.18. The number of halogens is 1. The molecule has 0 bridgehead atoms. The number of aryl methyl sites for hydroxylation is 1. The number of nitrogens with zero attached hydrogens (tertiary/aromatic N) is 2. The van der Waals surface area contributed by atoms with Gasteiger partial charge in [-0.15, -0.1) is 0 Å². The summed E-state index contributed by atoms with van der Waals surface area (Å²) in [5, 5.41) is 6.72. The fourth-order valence-corrected chi connectivity index (χ4v) is 1.16. The van der Waals surface area contributed by atoms with Gasteiger partial charge in [-0.3, -0.25) is 9.48 Å². The molecule has 4 nitrogen and oxygen atoms in total. The maximum Gasteiger partial charge on any atom is 0.222 e. The molecule has 0 unspecified atom stereocenters. The summed E-state index contributed by atoms with van der Waals surface area (Å²) in [6.45, 7) is 3.35. The molecule has 0 saturated carbocycles. The second-order valence-electron chi connectivity index (χ2n) is 2.57. The molecule has 12 heavy (non-hydrogen) atoms. The summed E-state index contributed by atoms with van der Waals surface area (Å²) in [5.74, 6) is 0.501. The molecule has 0 atom stereocenters. The fourth-order valence-electron chi connectivity index (χ4n) is 0.895. The molecule has 0 spiro atoms. The number of carbonyl (C=O) groups excluding carboxylic acids is 1. The van der Waals surface area contributed by atoms with Gasteiger partial charge in [0.2, 0.25) is 5.91 Å². The Kier molecular flexibility index (Phi) is 2.52. The predicted octanol–water partition coefficient (Wildman–Crippen LogP) is 1.45. The van der Waals surface area contributed by atoms with E-state index in [0.717, 1.165) is 10.2 Å². The molecular formula is C7H10BrN3O. The van der Waals surface area contributed by atoms with Crippen molar-refractivity contribution in [2.24, 2.45) is 7.05 Å². The predicted molar refractivity (Wildman–Crippen MR) is 49.9 cm³/mol. The highest BCUT2D eigenvalue weighted by atomic mass is 79.9. The Morgan fingerprint density at radius 2 is 2.25 bits per heavy atom. The van der Waals surface area contributed by atoms with E-state index in [2.05, 4.69) is 26.3 Å². The van der Waals surface area contributed by atoms with Crippen molar-refractivity contribution >= 4 is 27.7 Å². The summed E-state index contributed by atoms with van der Waals surface area (Å²) < 4.78 is 2.55. The standard InChI is InChI=1S/C7H10BrN3O/c1-4-6(8)11(3)10-7(4)9-5(2)12/h1-3H3,(H,9,10,12). The van der Waals surface area contributed by atoms with E-state index in [1.807, 2.05) is 14.0 Å². The number of anilines is 1. The van der Waals surface area contributed by atoms with Gasteiger partial charge < -0.3 is 5.32 Å². The third kappa shape index (κ3) is 1.66. The first-order valence-corrected chi connectivity index (χ1v) is 4.28. The molecule has 1 rings (SSSR count). The molecule has 1 aromatic rings. The van der Waals surface area contributed by atoms with Gasteiger partial charge in [0, 0.05) is 19.5 Å². The first-order valence-electron chi connectivity index (χ1n) is 3.49. The molecule has 0 aromatic carbocycles. The summed E-state index contributed by atoms with van der Waals surface area (Å²) in [7, 11) is 1.81. The number of nitrogens with one attached hydrogen (secondary N) is 1. The lowest BCUT2D eigenvalue weighted by Crippen LogP contribution is -2.07. The SMILES string of the molecule is CC(=O)Nc1nn(C)c(Br)c1C. The minimum absolute atomic E-state index is 0.108. The smallest absolute Gasteiger partial charge is 0.222 e. The zero-order chi connectivity index (χ0) is 9.30. The molecule has 1 heterocycles. The number of amides is 1. The molecule has 0 aliphatic heterocycles. The summed E-state index contributed by atoms with van der Waals surface area (Å²) >= 11 is 3.34. The van der Waals surface area contributed by atoms with E-state index in [9.17, 15) is 4.79 Å². The van der Waals surface area contributed by atoms with E-state index < -0.39 is 0 Å². The van der Waals surface area contributed by atoms with Crippen molar-refractivity contribution in [3.63, 3.8) is 0 Å². The molecule has 1 N–H and O–H groups in total. The highest BCUT2D eigenvalue weighted by Crippen LogP contribution is 2.21. The topological polar surface area (TPSA) is 46.9 Å². The second kappa shape index (κ2) is 3.26. The van der Waals surface area contributed by atoms with Gasteiger partial charge in [0.05, 0.1) is 0 Å². The van der Waals surface area contributed by atoms with Crippen LogP contribution < -0.4 is 5.32 Å². The van der Waals surface area contributed by atoms with Crippen molar-refractivity contribution in [3.05, 3.63) is 10.2 Å². The largest absolute Gasteiger partial charge is 0.309 e. The van der Waals surface area contributed by atoms with Gasteiger partial charge in [-0.05, 0) is 22.9 Å². The number of aromatic nitrogens is 2. The first kappa shape index (κ1) is 9.25. The zero-order valence-corrected chi connectivity index (χ0v) is 8.77. The van der Waals surface area contributed by atoms with E-state index >= 15 is 0 Å². The van der Waals surface area contributed by atoms with Gasteiger partial charge in [-0.25, -0.2) is 0 Å². The van der Waals surface area contributed by atoms with Crippen molar-refractivity contribution in [3.8, 4) is 0 Å². The summed E-state index contributed by atoms with van der Waals surface area (Å²) in [5.41, 5.74) is 0.938. The van der Waals surface area contributed by atoms with Crippen molar-refractivity contribution in [2.45, 2.75) is 13.8 Å². The van der Waals surface area contributed by atoms with Crippen LogP contribution in [-0.2, 0) is 11.8 Å². The van der Waals surface area contributed by atoms with E-state index in [4.69, 9.17) is 0 Å². The summed E-state index contributed by atoms with van der Waals surface area (Å²) in [4.78, 5) is 10.7. The Bertz CT molecular complexity index is 319.